The van der Waals surface area contributed by atoms with Crippen LogP contribution in [0.25, 0.3) is 0 Å². The van der Waals surface area contributed by atoms with Gasteiger partial charge in [0.25, 0.3) is 0 Å². The van der Waals surface area contributed by atoms with E-state index in [1.54, 1.807) is 30.3 Å². The number of hydrogen-bond donors (Lipinski definition) is 1. The van der Waals surface area contributed by atoms with Crippen LogP contribution in [0.2, 0.25) is 0 Å². The minimum absolute atomic E-state index is 0.419. The van der Waals surface area contributed by atoms with Crippen LogP contribution in [0.15, 0.2) is 30.3 Å². The number of alkyl halides is 3. The molecule has 0 radical (unpaired) electrons. The van der Waals surface area contributed by atoms with Crippen molar-refractivity contribution in [1.82, 2.24) is 0 Å². The first-order valence-electron chi connectivity index (χ1n) is 4.16. The standard InChI is InChI=1S/C10H11F3O/c1-9(14,10(11,12)13)7-8-5-3-2-4-6-8/h2-6,14H,7H2,1H3. The lowest BCUT2D eigenvalue weighted by molar-refractivity contribution is -0.252. The van der Waals surface area contributed by atoms with Crippen LogP contribution < -0.4 is 0 Å². The summed E-state index contributed by atoms with van der Waals surface area (Å²) in [6, 6.07) is 8.11. The molecule has 0 saturated carbocycles. The number of hydrogen-bond acceptors (Lipinski definition) is 1. The van der Waals surface area contributed by atoms with Gasteiger partial charge in [-0.2, -0.15) is 13.2 Å². The highest BCUT2D eigenvalue weighted by molar-refractivity contribution is 5.17. The summed E-state index contributed by atoms with van der Waals surface area (Å²) in [6.07, 6.45) is -5.01. The highest BCUT2D eigenvalue weighted by Gasteiger charge is 2.49. The van der Waals surface area contributed by atoms with Gasteiger partial charge in [0, 0.05) is 6.42 Å². The molecule has 0 heterocycles. The molecule has 1 unspecified atom stereocenters. The molecule has 0 fully saturated rings. The van der Waals surface area contributed by atoms with E-state index in [0.717, 1.165) is 6.92 Å². The first kappa shape index (κ1) is 11.0. The van der Waals surface area contributed by atoms with E-state index >= 15 is 0 Å². The fraction of sp³-hybridized carbons (Fsp3) is 0.400. The second-order valence-corrected chi connectivity index (χ2v) is 3.43. The molecule has 1 N–H and O–H groups in total. The van der Waals surface area contributed by atoms with Crippen molar-refractivity contribution in [3.63, 3.8) is 0 Å². The molecule has 0 saturated heterocycles. The average Bonchev–Trinajstić information content (AvgIpc) is 2.03. The fourth-order valence-corrected chi connectivity index (χ4v) is 1.09. The third-order valence-corrected chi connectivity index (χ3v) is 2.00. The maximum atomic E-state index is 12.3. The molecule has 1 nitrogen and oxygen atoms in total. The minimum Gasteiger partial charge on any atom is -0.380 e. The van der Waals surface area contributed by atoms with Gasteiger partial charge in [0.2, 0.25) is 0 Å². The van der Waals surface area contributed by atoms with Crippen LogP contribution in [-0.2, 0) is 6.42 Å². The number of benzene rings is 1. The second kappa shape index (κ2) is 3.61. The van der Waals surface area contributed by atoms with Crippen LogP contribution in [0, 0.1) is 0 Å². The van der Waals surface area contributed by atoms with Gasteiger partial charge in [0.15, 0.2) is 5.60 Å². The molecular weight excluding hydrogens is 193 g/mol. The van der Waals surface area contributed by atoms with Crippen LogP contribution in [0.3, 0.4) is 0 Å². The molecule has 1 aromatic carbocycles. The van der Waals surface area contributed by atoms with E-state index in [1.165, 1.54) is 0 Å². The molecule has 0 bridgehead atoms. The topological polar surface area (TPSA) is 20.2 Å². The van der Waals surface area contributed by atoms with E-state index < -0.39 is 18.2 Å². The predicted octanol–water partition coefficient (Wildman–Crippen LogP) is 2.54. The molecule has 0 aliphatic carbocycles. The van der Waals surface area contributed by atoms with Crippen molar-refractivity contribution in [2.75, 3.05) is 0 Å². The second-order valence-electron chi connectivity index (χ2n) is 3.43. The van der Waals surface area contributed by atoms with Gasteiger partial charge < -0.3 is 5.11 Å². The van der Waals surface area contributed by atoms with E-state index in [-0.39, 0.29) is 0 Å². The molecule has 0 aliphatic rings. The molecule has 4 heteroatoms. The Morgan fingerprint density at radius 2 is 1.64 bits per heavy atom. The Labute approximate surface area is 80.2 Å². The molecule has 1 atom stereocenters. The Morgan fingerprint density at radius 1 is 1.14 bits per heavy atom. The van der Waals surface area contributed by atoms with Crippen molar-refractivity contribution in [3.8, 4) is 0 Å². The van der Waals surface area contributed by atoms with Gasteiger partial charge in [-0.05, 0) is 12.5 Å². The summed E-state index contributed by atoms with van der Waals surface area (Å²) in [5.74, 6) is 0. The van der Waals surface area contributed by atoms with Gasteiger partial charge in [-0.25, -0.2) is 0 Å². The Kier molecular flexibility index (Phi) is 2.85. The number of aliphatic hydroxyl groups is 1. The normalized spacial score (nSPS) is 16.4. The Morgan fingerprint density at radius 3 is 2.07 bits per heavy atom. The third-order valence-electron chi connectivity index (χ3n) is 2.00. The maximum absolute atomic E-state index is 12.3. The predicted molar refractivity (Wildman–Crippen MR) is 46.8 cm³/mol. The monoisotopic (exact) mass is 204 g/mol. The molecule has 14 heavy (non-hydrogen) atoms. The molecule has 0 aliphatic heterocycles. The summed E-state index contributed by atoms with van der Waals surface area (Å²) in [5.41, 5.74) is -2.19. The highest BCUT2D eigenvalue weighted by Crippen LogP contribution is 2.32. The van der Waals surface area contributed by atoms with Gasteiger partial charge in [-0.15, -0.1) is 0 Å². The summed E-state index contributed by atoms with van der Waals surface area (Å²) in [6.45, 7) is 0.778. The molecular formula is C10H11F3O. The van der Waals surface area contributed by atoms with E-state index in [9.17, 15) is 18.3 Å². The number of halogens is 3. The summed E-state index contributed by atoms with van der Waals surface area (Å²) in [5, 5.41) is 9.18. The molecule has 0 aromatic heterocycles. The van der Waals surface area contributed by atoms with E-state index in [4.69, 9.17) is 0 Å². The van der Waals surface area contributed by atoms with E-state index in [1.807, 2.05) is 0 Å². The van der Waals surface area contributed by atoms with Gasteiger partial charge >= 0.3 is 6.18 Å². The highest BCUT2D eigenvalue weighted by atomic mass is 19.4. The maximum Gasteiger partial charge on any atom is 0.417 e. The average molecular weight is 204 g/mol. The zero-order chi connectivity index (χ0) is 10.8. The Hall–Kier alpha value is -1.03. The van der Waals surface area contributed by atoms with Gasteiger partial charge in [0.1, 0.15) is 0 Å². The van der Waals surface area contributed by atoms with Crippen molar-refractivity contribution < 1.29 is 18.3 Å². The molecule has 0 amide bonds. The van der Waals surface area contributed by atoms with Crippen LogP contribution in [-0.4, -0.2) is 16.9 Å². The molecule has 1 rings (SSSR count). The summed E-state index contributed by atoms with van der Waals surface area (Å²) in [4.78, 5) is 0. The van der Waals surface area contributed by atoms with Crippen LogP contribution in [0.1, 0.15) is 12.5 Å². The fourth-order valence-electron chi connectivity index (χ4n) is 1.09. The van der Waals surface area contributed by atoms with Crippen molar-refractivity contribution in [3.05, 3.63) is 35.9 Å². The summed E-state index contributed by atoms with van der Waals surface area (Å²) < 4.78 is 36.8. The lowest BCUT2D eigenvalue weighted by Gasteiger charge is -2.26. The lowest BCUT2D eigenvalue weighted by Crippen LogP contribution is -2.44. The van der Waals surface area contributed by atoms with Crippen molar-refractivity contribution in [1.29, 1.82) is 0 Å². The Bertz CT molecular complexity index is 290. The SMILES string of the molecule is CC(O)(Cc1ccccc1)C(F)(F)F. The summed E-state index contributed by atoms with van der Waals surface area (Å²) >= 11 is 0. The van der Waals surface area contributed by atoms with Crippen molar-refractivity contribution in [2.24, 2.45) is 0 Å². The van der Waals surface area contributed by atoms with E-state index in [2.05, 4.69) is 0 Å². The third kappa shape index (κ3) is 2.48. The quantitative estimate of drug-likeness (QED) is 0.784. The Balaban J connectivity index is 2.79. The van der Waals surface area contributed by atoms with Crippen LogP contribution in [0.4, 0.5) is 13.2 Å². The smallest absolute Gasteiger partial charge is 0.380 e. The first-order chi connectivity index (χ1) is 6.33. The summed E-state index contributed by atoms with van der Waals surface area (Å²) in [7, 11) is 0. The van der Waals surface area contributed by atoms with Gasteiger partial charge in [0.05, 0.1) is 0 Å². The molecule has 0 spiro atoms. The van der Waals surface area contributed by atoms with E-state index in [0.29, 0.717) is 5.56 Å². The number of rotatable bonds is 2. The van der Waals surface area contributed by atoms with Crippen molar-refractivity contribution in [2.45, 2.75) is 25.1 Å². The zero-order valence-electron chi connectivity index (χ0n) is 7.67. The van der Waals surface area contributed by atoms with Gasteiger partial charge in [-0.3, -0.25) is 0 Å². The van der Waals surface area contributed by atoms with Crippen molar-refractivity contribution >= 4 is 0 Å². The zero-order valence-corrected chi connectivity index (χ0v) is 7.67. The van der Waals surface area contributed by atoms with Crippen LogP contribution in [0.5, 0.6) is 0 Å². The van der Waals surface area contributed by atoms with Crippen LogP contribution >= 0.6 is 0 Å². The largest absolute Gasteiger partial charge is 0.417 e. The van der Waals surface area contributed by atoms with Gasteiger partial charge in [-0.1, -0.05) is 30.3 Å². The first-order valence-corrected chi connectivity index (χ1v) is 4.16. The minimum atomic E-state index is -4.59. The lowest BCUT2D eigenvalue weighted by atomic mass is 9.96. The molecule has 78 valence electrons. The molecule has 1 aromatic rings.